The highest BCUT2D eigenvalue weighted by Gasteiger charge is 2.13. The second-order valence-corrected chi connectivity index (χ2v) is 8.76. The van der Waals surface area contributed by atoms with Gasteiger partial charge in [-0.3, -0.25) is 9.36 Å². The van der Waals surface area contributed by atoms with E-state index in [9.17, 15) is 4.79 Å². The average molecular weight is 506 g/mol. The molecule has 2 aromatic carbocycles. The molecule has 0 aliphatic carbocycles. The zero-order chi connectivity index (χ0) is 21.1. The van der Waals surface area contributed by atoms with Gasteiger partial charge in [-0.05, 0) is 42.3 Å². The summed E-state index contributed by atoms with van der Waals surface area (Å²) in [5.74, 6) is 1.22. The van der Waals surface area contributed by atoms with Crippen molar-refractivity contribution >= 4 is 49.1 Å². The van der Waals surface area contributed by atoms with Crippen molar-refractivity contribution in [1.82, 2.24) is 9.55 Å². The Bertz CT molecular complexity index is 1240. The molecule has 0 amide bonds. The number of thiophene rings is 1. The third-order valence-corrected chi connectivity index (χ3v) is 6.50. The lowest BCUT2D eigenvalue weighted by atomic mass is 10.2. The number of halogens is 2. The zero-order valence-corrected chi connectivity index (χ0v) is 19.3. The molecule has 0 saturated heterocycles. The van der Waals surface area contributed by atoms with Crippen LogP contribution in [-0.2, 0) is 0 Å². The van der Waals surface area contributed by atoms with Crippen LogP contribution in [-0.4, -0.2) is 28.6 Å². The molecule has 154 valence electrons. The van der Waals surface area contributed by atoms with Gasteiger partial charge in [0.1, 0.15) is 11.0 Å². The lowest BCUT2D eigenvalue weighted by Gasteiger charge is -2.12. The molecule has 0 spiro atoms. The second kappa shape index (κ2) is 9.20. The molecule has 5 nitrogen and oxygen atoms in total. The fourth-order valence-electron chi connectivity index (χ4n) is 3.01. The zero-order valence-electron chi connectivity index (χ0n) is 16.1. The lowest BCUT2D eigenvalue weighted by molar-refractivity contribution is 0.295. The van der Waals surface area contributed by atoms with Crippen LogP contribution >= 0.6 is 38.9 Å². The van der Waals surface area contributed by atoms with Crippen molar-refractivity contribution in [2.24, 2.45) is 0 Å². The molecule has 0 unspecified atom stereocenters. The van der Waals surface area contributed by atoms with Crippen LogP contribution in [0.15, 0.2) is 59.7 Å². The minimum absolute atomic E-state index is 0.125. The summed E-state index contributed by atoms with van der Waals surface area (Å²) in [4.78, 5) is 18.6. The van der Waals surface area contributed by atoms with Crippen LogP contribution in [0.3, 0.4) is 0 Å². The molecule has 0 aliphatic rings. The number of methoxy groups -OCH3 is 1. The van der Waals surface area contributed by atoms with Crippen molar-refractivity contribution in [2.45, 2.75) is 6.42 Å². The molecule has 0 N–H and O–H groups in total. The van der Waals surface area contributed by atoms with Gasteiger partial charge >= 0.3 is 0 Å². The number of hydrogen-bond donors (Lipinski definition) is 0. The van der Waals surface area contributed by atoms with Crippen LogP contribution in [0, 0.1) is 0 Å². The maximum absolute atomic E-state index is 13.2. The molecular formula is C22H18BrClN2O3S. The van der Waals surface area contributed by atoms with Gasteiger partial charge in [0, 0.05) is 21.3 Å². The molecule has 4 rings (SSSR count). The topological polar surface area (TPSA) is 53.4 Å². The van der Waals surface area contributed by atoms with E-state index in [2.05, 4.69) is 20.9 Å². The Balaban J connectivity index is 1.71. The summed E-state index contributed by atoms with van der Waals surface area (Å²) in [6, 6.07) is 14.9. The van der Waals surface area contributed by atoms with Gasteiger partial charge in [-0.25, -0.2) is 4.98 Å². The van der Waals surface area contributed by atoms with Crippen LogP contribution in [0.1, 0.15) is 6.42 Å². The summed E-state index contributed by atoms with van der Waals surface area (Å²) in [5.41, 5.74) is 2.22. The summed E-state index contributed by atoms with van der Waals surface area (Å²) in [6.07, 6.45) is 2.43. The molecule has 2 aromatic heterocycles. The van der Waals surface area contributed by atoms with E-state index in [4.69, 9.17) is 21.1 Å². The first-order chi connectivity index (χ1) is 14.6. The summed E-state index contributed by atoms with van der Waals surface area (Å²) in [5, 5.41) is 1.54. The van der Waals surface area contributed by atoms with E-state index in [1.54, 1.807) is 19.5 Å². The van der Waals surface area contributed by atoms with Gasteiger partial charge in [-0.15, -0.1) is 11.3 Å². The summed E-state index contributed by atoms with van der Waals surface area (Å²) in [7, 11) is 1.58. The van der Waals surface area contributed by atoms with E-state index in [0.29, 0.717) is 39.0 Å². The third kappa shape index (κ3) is 4.24. The number of nitrogens with zero attached hydrogens (tertiary/aromatic N) is 2. The van der Waals surface area contributed by atoms with Gasteiger partial charge in [0.2, 0.25) is 0 Å². The molecule has 0 aliphatic heterocycles. The van der Waals surface area contributed by atoms with Crippen LogP contribution in [0.25, 0.3) is 26.3 Å². The van der Waals surface area contributed by atoms with Crippen molar-refractivity contribution in [3.63, 3.8) is 0 Å². The number of ether oxygens (including phenoxy) is 2. The van der Waals surface area contributed by atoms with Gasteiger partial charge in [0.25, 0.3) is 5.56 Å². The van der Waals surface area contributed by atoms with E-state index in [-0.39, 0.29) is 5.56 Å². The average Bonchev–Trinajstić information content (AvgIpc) is 3.20. The first-order valence-electron chi connectivity index (χ1n) is 9.25. The SMILES string of the molecule is COc1cc(-n2cnc3cc(-c4ccc(Cl)cc4)sc3c2=O)ccc1OCCCBr. The minimum atomic E-state index is -0.125. The normalized spacial score (nSPS) is 11.0. The third-order valence-electron chi connectivity index (χ3n) is 4.53. The maximum Gasteiger partial charge on any atom is 0.275 e. The number of aromatic nitrogens is 2. The van der Waals surface area contributed by atoms with Crippen molar-refractivity contribution in [1.29, 1.82) is 0 Å². The molecule has 4 aromatic rings. The largest absolute Gasteiger partial charge is 0.493 e. The Morgan fingerprint density at radius 3 is 2.67 bits per heavy atom. The predicted molar refractivity (Wildman–Crippen MR) is 126 cm³/mol. The minimum Gasteiger partial charge on any atom is -0.493 e. The van der Waals surface area contributed by atoms with E-state index in [1.807, 2.05) is 42.5 Å². The van der Waals surface area contributed by atoms with E-state index in [0.717, 1.165) is 22.2 Å². The van der Waals surface area contributed by atoms with Crippen molar-refractivity contribution in [3.05, 3.63) is 70.2 Å². The predicted octanol–water partition coefficient (Wildman–Crippen LogP) is 5.94. The molecule has 0 bridgehead atoms. The fraction of sp³-hybridized carbons (Fsp3) is 0.182. The Labute approximate surface area is 191 Å². The Kier molecular flexibility index (Phi) is 6.41. The maximum atomic E-state index is 13.2. The van der Waals surface area contributed by atoms with Gasteiger partial charge < -0.3 is 9.47 Å². The first kappa shape index (κ1) is 20.9. The summed E-state index contributed by atoms with van der Waals surface area (Å²) < 4.78 is 13.3. The van der Waals surface area contributed by atoms with Crippen LogP contribution in [0.2, 0.25) is 5.02 Å². The van der Waals surface area contributed by atoms with Crippen LogP contribution in [0.5, 0.6) is 11.5 Å². The standard InChI is InChI=1S/C22H18BrClN2O3S/c1-28-19-11-16(7-8-18(19)29-10-2-9-23)26-13-25-17-12-20(30-21(17)22(26)27)14-3-5-15(24)6-4-14/h3-8,11-13H,2,9-10H2,1H3. The molecule has 0 saturated carbocycles. The molecule has 0 radical (unpaired) electrons. The molecule has 0 atom stereocenters. The van der Waals surface area contributed by atoms with E-state index in [1.165, 1.54) is 15.9 Å². The smallest absolute Gasteiger partial charge is 0.275 e. The molecule has 2 heterocycles. The van der Waals surface area contributed by atoms with Crippen molar-refractivity contribution < 1.29 is 9.47 Å². The Morgan fingerprint density at radius 2 is 1.93 bits per heavy atom. The van der Waals surface area contributed by atoms with Gasteiger partial charge in [-0.2, -0.15) is 0 Å². The monoisotopic (exact) mass is 504 g/mol. The Hall–Kier alpha value is -2.35. The highest BCUT2D eigenvalue weighted by Crippen LogP contribution is 2.33. The van der Waals surface area contributed by atoms with E-state index >= 15 is 0 Å². The van der Waals surface area contributed by atoms with Gasteiger partial charge in [-0.1, -0.05) is 39.7 Å². The molecular weight excluding hydrogens is 488 g/mol. The van der Waals surface area contributed by atoms with Gasteiger partial charge in [0.15, 0.2) is 11.5 Å². The van der Waals surface area contributed by atoms with Crippen molar-refractivity contribution in [2.75, 3.05) is 19.0 Å². The first-order valence-corrected chi connectivity index (χ1v) is 11.6. The molecule has 30 heavy (non-hydrogen) atoms. The highest BCUT2D eigenvalue weighted by atomic mass is 79.9. The van der Waals surface area contributed by atoms with Gasteiger partial charge in [0.05, 0.1) is 24.9 Å². The summed E-state index contributed by atoms with van der Waals surface area (Å²) in [6.45, 7) is 0.580. The molecule has 0 fully saturated rings. The number of alkyl halides is 1. The second-order valence-electron chi connectivity index (χ2n) is 6.48. The summed E-state index contributed by atoms with van der Waals surface area (Å²) >= 11 is 10.8. The number of rotatable bonds is 7. The lowest BCUT2D eigenvalue weighted by Crippen LogP contribution is -2.17. The number of hydrogen-bond acceptors (Lipinski definition) is 5. The molecule has 8 heteroatoms. The van der Waals surface area contributed by atoms with Crippen LogP contribution < -0.4 is 15.0 Å². The fourth-order valence-corrected chi connectivity index (χ4v) is 4.42. The van der Waals surface area contributed by atoms with Crippen molar-refractivity contribution in [3.8, 4) is 27.6 Å². The quantitative estimate of drug-likeness (QED) is 0.230. The van der Waals surface area contributed by atoms with Crippen LogP contribution in [0.4, 0.5) is 0 Å². The highest BCUT2D eigenvalue weighted by molar-refractivity contribution is 9.09. The van der Waals surface area contributed by atoms with E-state index < -0.39 is 0 Å². The number of fused-ring (bicyclic) bond motifs is 1. The number of benzene rings is 2. The Morgan fingerprint density at radius 1 is 1.13 bits per heavy atom.